The fourth-order valence-electron chi connectivity index (χ4n) is 3.49. The summed E-state index contributed by atoms with van der Waals surface area (Å²) in [6, 6.07) is 2.11. The molecule has 0 unspecified atom stereocenters. The zero-order chi connectivity index (χ0) is 16.9. The van der Waals surface area contributed by atoms with Gasteiger partial charge in [0.15, 0.2) is 0 Å². The van der Waals surface area contributed by atoms with Gasteiger partial charge in [-0.2, -0.15) is 5.10 Å². The molecule has 3 rings (SSSR count). The summed E-state index contributed by atoms with van der Waals surface area (Å²) < 4.78 is 5.67. The van der Waals surface area contributed by atoms with E-state index in [0.717, 1.165) is 31.4 Å². The highest BCUT2D eigenvalue weighted by Gasteiger charge is 2.32. The maximum Gasteiger partial charge on any atom is 0.251 e. The van der Waals surface area contributed by atoms with E-state index >= 15 is 0 Å². The lowest BCUT2D eigenvalue weighted by Crippen LogP contribution is -2.42. The van der Waals surface area contributed by atoms with Crippen molar-refractivity contribution in [1.29, 1.82) is 0 Å². The van der Waals surface area contributed by atoms with E-state index in [0.29, 0.717) is 11.7 Å². The molecular formula is C17H26N4O3. The molecule has 0 spiro atoms. The third-order valence-electron chi connectivity index (χ3n) is 4.84. The van der Waals surface area contributed by atoms with E-state index in [1.165, 1.54) is 26.2 Å². The topological polar surface area (TPSA) is 96.1 Å². The molecule has 2 aliphatic rings. The highest BCUT2D eigenvalue weighted by Crippen LogP contribution is 2.36. The standard InChI is InChI=1S/C17H26N4O3/c1-11(22)18-13-7-12(8-13)15-9-16(21-20-15)19-17(23)10-24-14-5-3-2-4-6-14/h9,12-14H,2-8,10H2,1H3,(H,18,22)(H2,19,20,21,23)/t12-,13+. The Hall–Kier alpha value is -1.89. The van der Waals surface area contributed by atoms with Crippen LogP contribution < -0.4 is 10.6 Å². The van der Waals surface area contributed by atoms with Crippen LogP contribution in [0.15, 0.2) is 6.07 Å². The van der Waals surface area contributed by atoms with Crippen LogP contribution in [0.2, 0.25) is 0 Å². The lowest BCUT2D eigenvalue weighted by molar-refractivity contribution is -0.123. The number of nitrogens with zero attached hydrogens (tertiary/aromatic N) is 1. The van der Waals surface area contributed by atoms with Crippen LogP contribution >= 0.6 is 0 Å². The minimum atomic E-state index is -0.152. The van der Waals surface area contributed by atoms with Gasteiger partial charge in [-0.25, -0.2) is 0 Å². The first-order valence-electron chi connectivity index (χ1n) is 8.84. The van der Waals surface area contributed by atoms with Crippen molar-refractivity contribution in [2.45, 2.75) is 69.9 Å². The molecule has 0 radical (unpaired) electrons. The predicted molar refractivity (Wildman–Crippen MR) is 89.6 cm³/mol. The van der Waals surface area contributed by atoms with E-state index in [-0.39, 0.29) is 30.6 Å². The molecule has 2 saturated carbocycles. The maximum atomic E-state index is 12.0. The van der Waals surface area contributed by atoms with Crippen LogP contribution in [0.3, 0.4) is 0 Å². The van der Waals surface area contributed by atoms with Crippen LogP contribution in [0.25, 0.3) is 0 Å². The third-order valence-corrected chi connectivity index (χ3v) is 4.84. The van der Waals surface area contributed by atoms with Crippen LogP contribution in [0.5, 0.6) is 0 Å². The number of carbonyl (C=O) groups is 2. The average molecular weight is 334 g/mol. The van der Waals surface area contributed by atoms with Crippen LogP contribution in [-0.4, -0.2) is 40.8 Å². The molecule has 0 saturated heterocycles. The van der Waals surface area contributed by atoms with E-state index in [4.69, 9.17) is 4.74 Å². The number of aromatic amines is 1. The van der Waals surface area contributed by atoms with Crippen molar-refractivity contribution in [1.82, 2.24) is 15.5 Å². The van der Waals surface area contributed by atoms with Crippen molar-refractivity contribution in [3.63, 3.8) is 0 Å². The van der Waals surface area contributed by atoms with Crippen molar-refractivity contribution < 1.29 is 14.3 Å². The van der Waals surface area contributed by atoms with Crippen molar-refractivity contribution in [2.75, 3.05) is 11.9 Å². The largest absolute Gasteiger partial charge is 0.368 e. The molecule has 1 aromatic heterocycles. The monoisotopic (exact) mass is 334 g/mol. The Bertz CT molecular complexity index is 574. The summed E-state index contributed by atoms with van der Waals surface area (Å²) in [5.41, 5.74) is 0.931. The van der Waals surface area contributed by atoms with Crippen molar-refractivity contribution in [2.24, 2.45) is 0 Å². The number of anilines is 1. The molecule has 0 atom stereocenters. The van der Waals surface area contributed by atoms with Crippen molar-refractivity contribution in [3.8, 4) is 0 Å². The number of H-pyrrole nitrogens is 1. The quantitative estimate of drug-likeness (QED) is 0.742. The molecule has 24 heavy (non-hydrogen) atoms. The van der Waals surface area contributed by atoms with Gasteiger partial charge in [-0.1, -0.05) is 19.3 Å². The first-order valence-corrected chi connectivity index (χ1v) is 8.84. The summed E-state index contributed by atoms with van der Waals surface area (Å²) in [7, 11) is 0. The zero-order valence-electron chi connectivity index (χ0n) is 14.1. The fraction of sp³-hybridized carbons (Fsp3) is 0.706. The number of ether oxygens (including phenoxy) is 1. The lowest BCUT2D eigenvalue weighted by atomic mass is 9.78. The molecule has 132 valence electrons. The minimum Gasteiger partial charge on any atom is -0.368 e. The highest BCUT2D eigenvalue weighted by molar-refractivity contribution is 5.90. The van der Waals surface area contributed by atoms with Gasteiger partial charge in [-0.05, 0) is 25.7 Å². The molecule has 0 aromatic carbocycles. The Balaban J connectivity index is 1.39. The number of hydrogen-bond acceptors (Lipinski definition) is 4. The second-order valence-electron chi connectivity index (χ2n) is 6.89. The van der Waals surface area contributed by atoms with Crippen LogP contribution in [0.1, 0.15) is 63.5 Å². The Morgan fingerprint density at radius 2 is 2.04 bits per heavy atom. The molecule has 7 nitrogen and oxygen atoms in total. The Morgan fingerprint density at radius 1 is 1.29 bits per heavy atom. The summed E-state index contributed by atoms with van der Waals surface area (Å²) >= 11 is 0. The summed E-state index contributed by atoms with van der Waals surface area (Å²) in [4.78, 5) is 23.0. The van der Waals surface area contributed by atoms with Gasteiger partial charge >= 0.3 is 0 Å². The Labute approximate surface area is 141 Å². The summed E-state index contributed by atoms with van der Waals surface area (Å²) in [5.74, 6) is 0.791. The fourth-order valence-corrected chi connectivity index (χ4v) is 3.49. The average Bonchev–Trinajstić information content (AvgIpc) is 2.97. The van der Waals surface area contributed by atoms with E-state index in [2.05, 4.69) is 20.8 Å². The van der Waals surface area contributed by atoms with Gasteiger partial charge in [-0.15, -0.1) is 0 Å². The van der Waals surface area contributed by atoms with Gasteiger partial charge in [0.2, 0.25) is 5.91 Å². The summed E-state index contributed by atoms with van der Waals surface area (Å²) in [6.45, 7) is 1.62. The molecule has 0 aliphatic heterocycles. The molecule has 2 fully saturated rings. The smallest absolute Gasteiger partial charge is 0.251 e. The molecule has 2 amide bonds. The number of rotatable bonds is 6. The summed E-state index contributed by atoms with van der Waals surface area (Å²) in [6.07, 6.45) is 7.77. The molecular weight excluding hydrogens is 308 g/mol. The SMILES string of the molecule is CC(=O)N[C@H]1C[C@@H](c2cc(NC(=O)COC3CCCCC3)[nH]n2)C1. The molecule has 3 N–H and O–H groups in total. The van der Waals surface area contributed by atoms with Gasteiger partial charge in [0.05, 0.1) is 11.8 Å². The number of amides is 2. The van der Waals surface area contributed by atoms with Gasteiger partial charge in [0.25, 0.3) is 5.91 Å². The van der Waals surface area contributed by atoms with E-state index in [9.17, 15) is 9.59 Å². The van der Waals surface area contributed by atoms with Gasteiger partial charge in [0, 0.05) is 24.9 Å². The maximum absolute atomic E-state index is 12.0. The second-order valence-corrected chi connectivity index (χ2v) is 6.89. The summed E-state index contributed by atoms with van der Waals surface area (Å²) in [5, 5.41) is 12.8. The van der Waals surface area contributed by atoms with E-state index in [1.54, 1.807) is 0 Å². The van der Waals surface area contributed by atoms with Gasteiger partial charge in [-0.3, -0.25) is 14.7 Å². The highest BCUT2D eigenvalue weighted by atomic mass is 16.5. The van der Waals surface area contributed by atoms with Crippen LogP contribution in [0, 0.1) is 0 Å². The molecule has 0 bridgehead atoms. The second kappa shape index (κ2) is 7.79. The van der Waals surface area contributed by atoms with E-state index in [1.807, 2.05) is 6.07 Å². The number of carbonyl (C=O) groups excluding carboxylic acids is 2. The predicted octanol–water partition coefficient (Wildman–Crippen LogP) is 2.08. The zero-order valence-corrected chi connectivity index (χ0v) is 14.1. The normalized spacial score (nSPS) is 24.2. The number of aromatic nitrogens is 2. The molecule has 7 heteroatoms. The van der Waals surface area contributed by atoms with Gasteiger partial charge < -0.3 is 15.4 Å². The van der Waals surface area contributed by atoms with Crippen LogP contribution in [-0.2, 0) is 14.3 Å². The molecule has 2 aliphatic carbocycles. The van der Waals surface area contributed by atoms with Crippen LogP contribution in [0.4, 0.5) is 5.82 Å². The van der Waals surface area contributed by atoms with E-state index < -0.39 is 0 Å². The molecule has 1 aromatic rings. The number of hydrogen-bond donors (Lipinski definition) is 3. The number of nitrogens with one attached hydrogen (secondary N) is 3. The minimum absolute atomic E-state index is 0.00592. The van der Waals surface area contributed by atoms with Gasteiger partial charge in [0.1, 0.15) is 12.4 Å². The third kappa shape index (κ3) is 4.56. The van der Waals surface area contributed by atoms with Crippen molar-refractivity contribution in [3.05, 3.63) is 11.8 Å². The first kappa shape index (κ1) is 17.0. The Morgan fingerprint density at radius 3 is 2.75 bits per heavy atom. The Kier molecular flexibility index (Phi) is 5.50. The first-order chi connectivity index (χ1) is 11.6. The van der Waals surface area contributed by atoms with Crippen molar-refractivity contribution >= 4 is 17.6 Å². The molecule has 1 heterocycles. The lowest BCUT2D eigenvalue weighted by Gasteiger charge is -2.34.